The zero-order valence-electron chi connectivity index (χ0n) is 32.7. The van der Waals surface area contributed by atoms with Gasteiger partial charge in [-0.1, -0.05) is 65.3 Å². The van der Waals surface area contributed by atoms with E-state index in [9.17, 15) is 24.0 Å². The van der Waals surface area contributed by atoms with Crippen LogP contribution in [0.15, 0.2) is 77.5 Å². The second-order valence-electron chi connectivity index (χ2n) is 16.5. The standard InChI is InChI=1S/C42H45BrN6O8/c1-22-25-15-16-30(55-20-23-11-9-8-10-12-23)33-31(25)28(19-49(33)39(54)57-41(5,6)7)32(35(42(22)21-45-37(52)48-42)47-38(53)56-40(2,3)4)46-36(51)34(50)27-18-44-29-17-24(43)13-14-26(27)29/h8-19,22,32,35,44H,20-21H2,1-7H3,(H,46,51)(H,47,53)(H2,45,48,52)/t22-,32?,35-,42-/m0/s1. The zero-order chi connectivity index (χ0) is 41.0. The number of alkyl carbamates (subject to hydrolysis) is 1. The van der Waals surface area contributed by atoms with Crippen molar-refractivity contribution in [3.05, 3.63) is 99.8 Å². The number of rotatable bonds is 7. The SMILES string of the molecule is C[C@H]1c2ccc(OCc3ccccc3)c3c2c(cn3C(=O)OC(C)(C)C)C(NC(=O)C(=O)c2c[nH]c3cc(Br)ccc23)[C@H](NC(=O)OC(C)(C)C)[C@]12CNC(=O)N2. The molecule has 3 aromatic carbocycles. The highest BCUT2D eigenvalue weighted by atomic mass is 79.9. The fourth-order valence-corrected chi connectivity index (χ4v) is 8.09. The van der Waals surface area contributed by atoms with E-state index in [-0.39, 0.29) is 18.7 Å². The number of benzene rings is 3. The molecule has 1 unspecified atom stereocenters. The Morgan fingerprint density at radius 1 is 0.930 bits per heavy atom. The molecule has 1 fully saturated rings. The van der Waals surface area contributed by atoms with Crippen LogP contribution in [0.1, 0.15) is 87.5 Å². The van der Waals surface area contributed by atoms with Crippen molar-refractivity contribution in [1.29, 1.82) is 0 Å². The van der Waals surface area contributed by atoms with Gasteiger partial charge in [0.2, 0.25) is 0 Å². The Labute approximate surface area is 337 Å². The third kappa shape index (κ3) is 7.67. The number of fused-ring (bicyclic) bond motifs is 1. The molecule has 14 nitrogen and oxygen atoms in total. The monoisotopic (exact) mass is 840 g/mol. The molecule has 15 heteroatoms. The molecular formula is C42H45BrN6O8. The van der Waals surface area contributed by atoms with Crippen molar-refractivity contribution in [1.82, 2.24) is 30.8 Å². The van der Waals surface area contributed by atoms with Gasteiger partial charge in [-0.05, 0) is 70.9 Å². The van der Waals surface area contributed by atoms with Crippen molar-refractivity contribution in [2.75, 3.05) is 6.54 Å². The highest BCUT2D eigenvalue weighted by Crippen LogP contribution is 2.49. The summed E-state index contributed by atoms with van der Waals surface area (Å²) in [6, 6.07) is 15.5. The number of halogens is 1. The molecule has 4 atom stereocenters. The topological polar surface area (TPSA) is 182 Å². The maximum atomic E-state index is 14.4. The van der Waals surface area contributed by atoms with E-state index >= 15 is 0 Å². The largest absolute Gasteiger partial charge is 0.487 e. The molecular weight excluding hydrogens is 796 g/mol. The van der Waals surface area contributed by atoms with Gasteiger partial charge in [0.1, 0.15) is 29.1 Å². The smallest absolute Gasteiger partial charge is 0.419 e. The van der Waals surface area contributed by atoms with Crippen LogP contribution >= 0.6 is 15.9 Å². The van der Waals surface area contributed by atoms with Gasteiger partial charge in [0, 0.05) is 51.2 Å². The van der Waals surface area contributed by atoms with Crippen molar-refractivity contribution < 1.29 is 38.2 Å². The van der Waals surface area contributed by atoms with Gasteiger partial charge in [-0.2, -0.15) is 0 Å². The Balaban J connectivity index is 1.44. The predicted molar refractivity (Wildman–Crippen MR) is 216 cm³/mol. The van der Waals surface area contributed by atoms with Gasteiger partial charge < -0.3 is 40.5 Å². The zero-order valence-corrected chi connectivity index (χ0v) is 34.3. The summed E-state index contributed by atoms with van der Waals surface area (Å²) < 4.78 is 20.2. The van der Waals surface area contributed by atoms with Gasteiger partial charge in [0.25, 0.3) is 11.7 Å². The number of ether oxygens (including phenoxy) is 3. The fourth-order valence-electron chi connectivity index (χ4n) is 7.72. The Morgan fingerprint density at radius 3 is 2.32 bits per heavy atom. The van der Waals surface area contributed by atoms with Crippen molar-refractivity contribution in [3.8, 4) is 5.75 Å². The van der Waals surface area contributed by atoms with Crippen molar-refractivity contribution in [3.63, 3.8) is 0 Å². The quantitative estimate of drug-likeness (QED) is 0.0833. The van der Waals surface area contributed by atoms with Gasteiger partial charge in [-0.3, -0.25) is 9.59 Å². The minimum Gasteiger partial charge on any atom is -0.487 e. The highest BCUT2D eigenvalue weighted by molar-refractivity contribution is 9.10. The first-order chi connectivity index (χ1) is 26.8. The maximum Gasteiger partial charge on any atom is 0.419 e. The Hall–Kier alpha value is -5.83. The van der Waals surface area contributed by atoms with Gasteiger partial charge >= 0.3 is 18.2 Å². The minimum atomic E-state index is -1.30. The number of amides is 4. The van der Waals surface area contributed by atoms with Crippen molar-refractivity contribution >= 4 is 67.6 Å². The van der Waals surface area contributed by atoms with Crippen LogP contribution < -0.4 is 26.0 Å². The summed E-state index contributed by atoms with van der Waals surface area (Å²) in [6.07, 6.45) is 1.46. The molecule has 298 valence electrons. The number of carbonyl (C=O) groups is 5. The van der Waals surface area contributed by atoms with Gasteiger partial charge in [0.15, 0.2) is 0 Å². The number of nitrogens with zero attached hydrogens (tertiary/aromatic N) is 1. The number of carbonyl (C=O) groups excluding carboxylic acids is 5. The number of Topliss-reactive ketones (excluding diaryl/α,β-unsaturated/α-hetero) is 1. The van der Waals surface area contributed by atoms with Crippen LogP contribution in [0, 0.1) is 0 Å². The molecule has 0 bridgehead atoms. The van der Waals surface area contributed by atoms with Crippen molar-refractivity contribution in [2.24, 2.45) is 0 Å². The molecule has 4 amide bonds. The molecule has 7 rings (SSSR count). The molecule has 1 aliphatic heterocycles. The lowest BCUT2D eigenvalue weighted by Crippen LogP contribution is -2.67. The first-order valence-corrected chi connectivity index (χ1v) is 19.4. The number of aromatic amines is 1. The molecule has 2 aromatic heterocycles. The lowest BCUT2D eigenvalue weighted by molar-refractivity contribution is -0.118. The molecule has 0 radical (unpaired) electrons. The van der Waals surface area contributed by atoms with E-state index in [1.165, 1.54) is 17.0 Å². The van der Waals surface area contributed by atoms with Crippen LogP contribution in [0.2, 0.25) is 0 Å². The molecule has 57 heavy (non-hydrogen) atoms. The predicted octanol–water partition coefficient (Wildman–Crippen LogP) is 7.35. The summed E-state index contributed by atoms with van der Waals surface area (Å²) in [6.45, 7) is 12.5. The van der Waals surface area contributed by atoms with Gasteiger partial charge in [-0.15, -0.1) is 0 Å². The van der Waals surface area contributed by atoms with Crippen LogP contribution in [0.25, 0.3) is 21.8 Å². The summed E-state index contributed by atoms with van der Waals surface area (Å²) >= 11 is 3.44. The van der Waals surface area contributed by atoms with E-state index in [1.54, 1.807) is 65.8 Å². The maximum absolute atomic E-state index is 14.4. The van der Waals surface area contributed by atoms with E-state index in [0.717, 1.165) is 10.0 Å². The molecule has 1 aliphatic carbocycles. The van der Waals surface area contributed by atoms with E-state index < -0.39 is 64.7 Å². The van der Waals surface area contributed by atoms with Crippen LogP contribution in [0.3, 0.4) is 0 Å². The Morgan fingerprint density at radius 2 is 1.65 bits per heavy atom. The second-order valence-corrected chi connectivity index (χ2v) is 17.4. The number of aromatic nitrogens is 2. The second kappa shape index (κ2) is 14.6. The van der Waals surface area contributed by atoms with Gasteiger partial charge in [-0.25, -0.2) is 19.0 Å². The van der Waals surface area contributed by atoms with Crippen LogP contribution in [0.5, 0.6) is 5.75 Å². The summed E-state index contributed by atoms with van der Waals surface area (Å²) in [5.74, 6) is -2.07. The van der Waals surface area contributed by atoms with Crippen LogP contribution in [-0.2, 0) is 20.9 Å². The average Bonchev–Trinajstić information content (AvgIpc) is 3.85. The first-order valence-electron chi connectivity index (χ1n) is 18.6. The summed E-state index contributed by atoms with van der Waals surface area (Å²) in [4.78, 5) is 72.7. The lowest BCUT2D eigenvalue weighted by Gasteiger charge is -2.43. The normalized spacial score (nSPS) is 20.4. The first kappa shape index (κ1) is 39.4. The summed E-state index contributed by atoms with van der Waals surface area (Å²) in [7, 11) is 0. The molecule has 1 spiro atoms. The number of hydrogen-bond acceptors (Lipinski definition) is 8. The molecule has 3 heterocycles. The third-order valence-electron chi connectivity index (χ3n) is 10.2. The Kier molecular flexibility index (Phi) is 10.1. The third-order valence-corrected chi connectivity index (χ3v) is 10.7. The molecule has 5 N–H and O–H groups in total. The molecule has 2 aliphatic rings. The number of hydrogen-bond donors (Lipinski definition) is 5. The molecule has 0 saturated carbocycles. The molecule has 1 saturated heterocycles. The number of H-pyrrole nitrogens is 1. The van der Waals surface area contributed by atoms with E-state index in [4.69, 9.17) is 14.2 Å². The number of ketones is 1. The average molecular weight is 842 g/mol. The van der Waals surface area contributed by atoms with E-state index in [0.29, 0.717) is 38.7 Å². The fraction of sp³-hybridized carbons (Fsp3) is 0.357. The van der Waals surface area contributed by atoms with E-state index in [2.05, 4.69) is 42.2 Å². The van der Waals surface area contributed by atoms with E-state index in [1.807, 2.05) is 43.3 Å². The summed E-state index contributed by atoms with van der Waals surface area (Å²) in [5.41, 5.74) is -0.0527. The summed E-state index contributed by atoms with van der Waals surface area (Å²) in [5, 5.41) is 12.9. The van der Waals surface area contributed by atoms with Crippen molar-refractivity contribution in [2.45, 2.75) is 89.8 Å². The lowest BCUT2D eigenvalue weighted by atomic mass is 9.74. The minimum absolute atomic E-state index is 0.0230. The Bertz CT molecular complexity index is 2430. The number of nitrogens with one attached hydrogen (secondary N) is 5. The van der Waals surface area contributed by atoms with Crippen LogP contribution in [-0.4, -0.2) is 68.8 Å². The highest BCUT2D eigenvalue weighted by Gasteiger charge is 2.56. The van der Waals surface area contributed by atoms with Gasteiger partial charge in [0.05, 0.1) is 23.2 Å². The number of urea groups is 1. The molecule has 5 aromatic rings. The van der Waals surface area contributed by atoms with Crippen LogP contribution in [0.4, 0.5) is 14.4 Å².